The highest BCUT2D eigenvalue weighted by molar-refractivity contribution is 5.31. The minimum atomic E-state index is -0.786. The molecule has 0 aromatic heterocycles. The first-order valence-corrected chi connectivity index (χ1v) is 11.2. The number of likely N-dealkylation sites (tertiary alicyclic amines) is 1. The minimum Gasteiger partial charge on any atom is -0.392 e. The second kappa shape index (κ2) is 5.48. The van der Waals surface area contributed by atoms with E-state index in [1.54, 1.807) is 7.11 Å². The molecule has 27 heavy (non-hydrogen) atoms. The Bertz CT molecular complexity index is 644. The van der Waals surface area contributed by atoms with Crippen molar-refractivity contribution in [2.24, 2.45) is 40.9 Å². The van der Waals surface area contributed by atoms with Gasteiger partial charge in [0, 0.05) is 56.4 Å². The van der Waals surface area contributed by atoms with Gasteiger partial charge in [0.25, 0.3) is 0 Å². The topological polar surface area (TPSA) is 62.2 Å². The molecule has 6 rings (SSSR count). The summed E-state index contributed by atoms with van der Waals surface area (Å²) in [5, 5.41) is 23.5. The fraction of sp³-hybridized carbons (Fsp3) is 1.00. The highest BCUT2D eigenvalue weighted by atomic mass is 16.5. The molecule has 2 N–H and O–H groups in total. The van der Waals surface area contributed by atoms with Crippen LogP contribution in [0.4, 0.5) is 0 Å². The van der Waals surface area contributed by atoms with Gasteiger partial charge in [0.2, 0.25) is 0 Å². The van der Waals surface area contributed by atoms with Crippen LogP contribution >= 0.6 is 0 Å². The molecular formula is C22H35NO4. The molecule has 6 aliphatic rings. The normalized spacial score (nSPS) is 63.4. The molecule has 0 amide bonds. The van der Waals surface area contributed by atoms with Crippen molar-refractivity contribution in [1.82, 2.24) is 4.90 Å². The molecule has 1 unspecified atom stereocenters. The number of rotatable bonds is 3. The van der Waals surface area contributed by atoms with Crippen molar-refractivity contribution in [3.8, 4) is 0 Å². The zero-order valence-corrected chi connectivity index (χ0v) is 16.9. The molecule has 12 atom stereocenters. The number of piperidine rings is 1. The van der Waals surface area contributed by atoms with E-state index in [1.807, 2.05) is 7.11 Å². The number of hydrogen-bond donors (Lipinski definition) is 2. The smallest absolute Gasteiger partial charge is 0.0771 e. The number of nitrogens with zero attached hydrogens (tertiary/aromatic N) is 1. The SMILES string of the molecule is CCN1C[C@@H]2CC[C@H](OC)[C@]34C1[C@H](C[C@H]23)[C@@]1(O)C[C@H](OC)[C@H]2C[C@@H]4[C@@H]1[C@H]2O. The first kappa shape index (κ1) is 17.6. The molecule has 1 saturated heterocycles. The van der Waals surface area contributed by atoms with Crippen LogP contribution in [0.3, 0.4) is 0 Å². The molecule has 6 fully saturated rings. The van der Waals surface area contributed by atoms with Crippen molar-refractivity contribution in [3.05, 3.63) is 0 Å². The summed E-state index contributed by atoms with van der Waals surface area (Å²) in [4.78, 5) is 2.69. The average Bonchev–Trinajstić information content (AvgIpc) is 3.06. The van der Waals surface area contributed by atoms with Gasteiger partial charge in [-0.25, -0.2) is 0 Å². The summed E-state index contributed by atoms with van der Waals surface area (Å²) >= 11 is 0. The van der Waals surface area contributed by atoms with Crippen LogP contribution in [0.25, 0.3) is 0 Å². The predicted octanol–water partition coefficient (Wildman–Crippen LogP) is 1.51. The van der Waals surface area contributed by atoms with Crippen LogP contribution in [0.15, 0.2) is 0 Å². The van der Waals surface area contributed by atoms with Crippen LogP contribution in [-0.2, 0) is 9.47 Å². The summed E-state index contributed by atoms with van der Waals surface area (Å²) in [6.07, 6.45) is 5.04. The third kappa shape index (κ3) is 1.73. The van der Waals surface area contributed by atoms with Crippen LogP contribution in [0, 0.1) is 40.9 Å². The monoisotopic (exact) mass is 377 g/mol. The van der Waals surface area contributed by atoms with Crippen LogP contribution in [0.2, 0.25) is 0 Å². The van der Waals surface area contributed by atoms with Crippen molar-refractivity contribution >= 4 is 0 Å². The van der Waals surface area contributed by atoms with E-state index >= 15 is 0 Å². The maximum atomic E-state index is 12.2. The molecule has 5 nitrogen and oxygen atoms in total. The lowest BCUT2D eigenvalue weighted by atomic mass is 9.46. The zero-order valence-electron chi connectivity index (χ0n) is 16.9. The van der Waals surface area contributed by atoms with Gasteiger partial charge in [0.05, 0.1) is 23.9 Å². The van der Waals surface area contributed by atoms with Gasteiger partial charge in [-0.1, -0.05) is 6.92 Å². The van der Waals surface area contributed by atoms with Crippen LogP contribution in [0.5, 0.6) is 0 Å². The molecule has 0 aromatic rings. The van der Waals surface area contributed by atoms with Crippen molar-refractivity contribution in [2.75, 3.05) is 27.3 Å². The molecule has 7 bridgehead atoms. The fourth-order valence-electron chi connectivity index (χ4n) is 9.96. The predicted molar refractivity (Wildman–Crippen MR) is 100 cm³/mol. The average molecular weight is 378 g/mol. The number of fused-ring (bicyclic) bond motifs is 2. The fourth-order valence-corrected chi connectivity index (χ4v) is 9.96. The van der Waals surface area contributed by atoms with Crippen LogP contribution in [0.1, 0.15) is 39.0 Å². The standard InChI is InChI=1S/C22H35NO4/c1-4-23-10-11-5-6-17(27-3)22-13(11)8-15(20(22)23)21(25)9-16(26-2)12-7-14(22)18(21)19(12)24/h11-20,24-25H,4-10H2,1-3H3/t11-,12+,13+,14+,15-,16-,17-,18+,19-,20?,21-,22-/m0/s1. The molecule has 5 aliphatic carbocycles. The summed E-state index contributed by atoms with van der Waals surface area (Å²) in [6.45, 7) is 4.52. The van der Waals surface area contributed by atoms with Crippen LogP contribution < -0.4 is 0 Å². The van der Waals surface area contributed by atoms with Gasteiger partial charge in [-0.05, 0) is 50.0 Å². The van der Waals surface area contributed by atoms with Gasteiger partial charge in [-0.2, -0.15) is 0 Å². The lowest BCUT2D eigenvalue weighted by molar-refractivity contribution is -0.259. The van der Waals surface area contributed by atoms with E-state index in [1.165, 1.54) is 13.0 Å². The Hall–Kier alpha value is -0.200. The molecule has 0 aromatic carbocycles. The number of aliphatic hydroxyl groups is 2. The van der Waals surface area contributed by atoms with Gasteiger partial charge in [0.1, 0.15) is 0 Å². The van der Waals surface area contributed by atoms with E-state index in [0.29, 0.717) is 24.3 Å². The molecule has 5 heteroatoms. The summed E-state index contributed by atoms with van der Waals surface area (Å²) in [7, 11) is 3.65. The molecule has 152 valence electrons. The lowest BCUT2D eigenvalue weighted by Crippen LogP contribution is -2.74. The Morgan fingerprint density at radius 1 is 1.07 bits per heavy atom. The summed E-state index contributed by atoms with van der Waals surface area (Å²) in [5.74, 6) is 2.17. The highest BCUT2D eigenvalue weighted by Gasteiger charge is 2.81. The van der Waals surface area contributed by atoms with E-state index in [4.69, 9.17) is 9.47 Å². The number of ether oxygens (including phenoxy) is 2. The third-order valence-electron chi connectivity index (χ3n) is 10.5. The largest absolute Gasteiger partial charge is 0.392 e. The molecule has 1 heterocycles. The zero-order chi connectivity index (χ0) is 18.7. The lowest BCUT2D eigenvalue weighted by Gasteiger charge is -2.67. The van der Waals surface area contributed by atoms with Gasteiger partial charge < -0.3 is 19.7 Å². The quantitative estimate of drug-likeness (QED) is 0.781. The summed E-state index contributed by atoms with van der Waals surface area (Å²) in [6, 6.07) is 0.404. The van der Waals surface area contributed by atoms with Crippen LogP contribution in [-0.4, -0.2) is 72.4 Å². The summed E-state index contributed by atoms with van der Waals surface area (Å²) < 4.78 is 12.1. The number of hydrogen-bond acceptors (Lipinski definition) is 5. The highest BCUT2D eigenvalue weighted by Crippen LogP contribution is 2.77. The van der Waals surface area contributed by atoms with Crippen molar-refractivity contribution in [2.45, 2.75) is 69.0 Å². The summed E-state index contributed by atoms with van der Waals surface area (Å²) in [5.41, 5.74) is -0.669. The van der Waals surface area contributed by atoms with Crippen molar-refractivity contribution in [3.63, 3.8) is 0 Å². The Kier molecular flexibility index (Phi) is 3.58. The molecule has 1 aliphatic heterocycles. The third-order valence-corrected chi connectivity index (χ3v) is 10.5. The van der Waals surface area contributed by atoms with Gasteiger partial charge >= 0.3 is 0 Å². The van der Waals surface area contributed by atoms with Crippen molar-refractivity contribution < 1.29 is 19.7 Å². The second-order valence-corrected chi connectivity index (χ2v) is 10.5. The Labute approximate surface area is 162 Å². The Balaban J connectivity index is 1.57. The van der Waals surface area contributed by atoms with Gasteiger partial charge in [0.15, 0.2) is 0 Å². The van der Waals surface area contributed by atoms with E-state index < -0.39 is 11.7 Å². The van der Waals surface area contributed by atoms with E-state index in [2.05, 4.69) is 11.8 Å². The van der Waals surface area contributed by atoms with Crippen molar-refractivity contribution in [1.29, 1.82) is 0 Å². The molecule has 5 saturated carbocycles. The Morgan fingerprint density at radius 3 is 2.59 bits per heavy atom. The Morgan fingerprint density at radius 2 is 1.89 bits per heavy atom. The molecular weight excluding hydrogens is 342 g/mol. The maximum absolute atomic E-state index is 12.2. The van der Waals surface area contributed by atoms with E-state index in [0.717, 1.165) is 31.7 Å². The second-order valence-electron chi connectivity index (χ2n) is 10.5. The van der Waals surface area contributed by atoms with Gasteiger partial charge in [-0.3, -0.25) is 4.90 Å². The maximum Gasteiger partial charge on any atom is 0.0771 e. The van der Waals surface area contributed by atoms with E-state index in [-0.39, 0.29) is 35.4 Å². The van der Waals surface area contributed by atoms with Gasteiger partial charge in [-0.15, -0.1) is 0 Å². The van der Waals surface area contributed by atoms with E-state index in [9.17, 15) is 10.2 Å². The first-order valence-electron chi connectivity index (χ1n) is 11.2. The molecule has 0 radical (unpaired) electrons. The molecule has 1 spiro atoms. The first-order chi connectivity index (χ1) is 13.0. The number of aliphatic hydroxyl groups excluding tert-OH is 1. The minimum absolute atomic E-state index is 0.00774. The number of methoxy groups -OCH3 is 2.